The largest absolute Gasteiger partial charge is 0.469 e. The first kappa shape index (κ1) is 26.3. The Morgan fingerprint density at radius 1 is 1.06 bits per heavy atom. The molecule has 0 amide bonds. The molecule has 3 N–H and O–H groups in total. The first-order chi connectivity index (χ1) is 14.6. The molecule has 2 aliphatic rings. The van der Waals surface area contributed by atoms with E-state index in [9.17, 15) is 5.11 Å². The van der Waals surface area contributed by atoms with Crippen LogP contribution in [0.3, 0.4) is 0 Å². The highest BCUT2D eigenvalue weighted by molar-refractivity contribution is 14.0. The summed E-state index contributed by atoms with van der Waals surface area (Å²) < 4.78 is 16.2. The van der Waals surface area contributed by atoms with Crippen molar-refractivity contribution in [2.45, 2.75) is 18.9 Å². The Hall–Kier alpha value is -0.920. The minimum atomic E-state index is -0.892. The molecule has 1 aromatic rings. The molecule has 1 aromatic heterocycles. The predicted molar refractivity (Wildman–Crippen MR) is 131 cm³/mol. The van der Waals surface area contributed by atoms with E-state index in [0.717, 1.165) is 83.8 Å². The van der Waals surface area contributed by atoms with Crippen molar-refractivity contribution >= 4 is 29.9 Å². The number of nitrogens with one attached hydrogen (secondary N) is 2. The van der Waals surface area contributed by atoms with Crippen LogP contribution in [0.2, 0.25) is 0 Å². The van der Waals surface area contributed by atoms with E-state index >= 15 is 0 Å². The highest BCUT2D eigenvalue weighted by Gasteiger charge is 2.25. The number of hydrogen-bond acceptors (Lipinski definition) is 7. The standard InChI is InChI=1S/C21H37N5O4.HI/c1-21(27,18-26-10-15-29-16-11-26)17-24-20(22-5-4-19-3-2-12-30-19)23-6-7-25-8-13-28-14-9-25;/h2-3,12,27H,4-11,13-18H2,1H3,(H2,22,23,24);1H. The van der Waals surface area contributed by atoms with Gasteiger partial charge in [-0.15, -0.1) is 24.0 Å². The van der Waals surface area contributed by atoms with Crippen LogP contribution in [0.1, 0.15) is 12.7 Å². The molecule has 0 saturated carbocycles. The summed E-state index contributed by atoms with van der Waals surface area (Å²) in [6.45, 7) is 11.9. The van der Waals surface area contributed by atoms with Crippen molar-refractivity contribution in [3.05, 3.63) is 24.2 Å². The molecule has 10 heteroatoms. The molecule has 0 bridgehead atoms. The molecule has 3 rings (SSSR count). The van der Waals surface area contributed by atoms with E-state index in [1.54, 1.807) is 6.26 Å². The van der Waals surface area contributed by atoms with Crippen LogP contribution >= 0.6 is 24.0 Å². The molecule has 0 aromatic carbocycles. The lowest BCUT2D eigenvalue weighted by Crippen LogP contribution is -2.49. The van der Waals surface area contributed by atoms with Gasteiger partial charge in [-0.25, -0.2) is 0 Å². The minimum absolute atomic E-state index is 0. The van der Waals surface area contributed by atoms with Gasteiger partial charge in [0.1, 0.15) is 5.76 Å². The third kappa shape index (κ3) is 10.5. The van der Waals surface area contributed by atoms with Crippen molar-refractivity contribution in [1.82, 2.24) is 20.4 Å². The Balaban J connectivity index is 0.00000341. The smallest absolute Gasteiger partial charge is 0.191 e. The van der Waals surface area contributed by atoms with Crippen molar-refractivity contribution in [3.8, 4) is 0 Å². The fourth-order valence-corrected chi connectivity index (χ4v) is 3.63. The van der Waals surface area contributed by atoms with Gasteiger partial charge >= 0.3 is 0 Å². The van der Waals surface area contributed by atoms with E-state index in [-0.39, 0.29) is 24.0 Å². The van der Waals surface area contributed by atoms with Crippen LogP contribution in [0.25, 0.3) is 0 Å². The number of aliphatic hydroxyl groups is 1. The molecule has 2 aliphatic heterocycles. The summed E-state index contributed by atoms with van der Waals surface area (Å²) >= 11 is 0. The fraction of sp³-hybridized carbons (Fsp3) is 0.762. The SMILES string of the molecule is CC(O)(CN=C(NCCc1ccco1)NCCN1CCOCC1)CN1CCOCC1.I. The maximum Gasteiger partial charge on any atom is 0.191 e. The fourth-order valence-electron chi connectivity index (χ4n) is 3.63. The highest BCUT2D eigenvalue weighted by Crippen LogP contribution is 2.09. The maximum atomic E-state index is 10.8. The lowest BCUT2D eigenvalue weighted by molar-refractivity contribution is -0.0180. The molecule has 0 spiro atoms. The molecule has 2 fully saturated rings. The number of ether oxygens (including phenoxy) is 2. The molecular formula is C21H38IN5O4. The van der Waals surface area contributed by atoms with Crippen molar-refractivity contribution in [2.75, 3.05) is 85.3 Å². The van der Waals surface area contributed by atoms with Gasteiger partial charge in [-0.3, -0.25) is 14.8 Å². The summed E-state index contributed by atoms with van der Waals surface area (Å²) in [7, 11) is 0. The van der Waals surface area contributed by atoms with Gasteiger partial charge in [0.25, 0.3) is 0 Å². The predicted octanol–water partition coefficient (Wildman–Crippen LogP) is 0.391. The molecule has 178 valence electrons. The lowest BCUT2D eigenvalue weighted by Gasteiger charge is -2.33. The number of aliphatic imine (C=N–C) groups is 1. The molecule has 0 aliphatic carbocycles. The van der Waals surface area contributed by atoms with E-state index in [4.69, 9.17) is 13.9 Å². The van der Waals surface area contributed by atoms with Crippen molar-refractivity contribution in [3.63, 3.8) is 0 Å². The molecule has 1 unspecified atom stereocenters. The van der Waals surface area contributed by atoms with Gasteiger partial charge in [-0.05, 0) is 19.1 Å². The van der Waals surface area contributed by atoms with Crippen LogP contribution in [0.5, 0.6) is 0 Å². The molecule has 1 atom stereocenters. The number of nitrogens with zero attached hydrogens (tertiary/aromatic N) is 3. The van der Waals surface area contributed by atoms with E-state index in [1.165, 1.54) is 0 Å². The summed E-state index contributed by atoms with van der Waals surface area (Å²) in [4.78, 5) is 9.29. The summed E-state index contributed by atoms with van der Waals surface area (Å²) in [6, 6.07) is 3.87. The molecule has 0 radical (unpaired) electrons. The Kier molecular flexibility index (Phi) is 12.1. The van der Waals surface area contributed by atoms with Gasteiger partial charge in [0.05, 0.1) is 44.8 Å². The average molecular weight is 551 g/mol. The summed E-state index contributed by atoms with van der Waals surface area (Å²) in [5, 5.41) is 17.6. The van der Waals surface area contributed by atoms with E-state index < -0.39 is 5.60 Å². The van der Waals surface area contributed by atoms with Crippen LogP contribution in [-0.4, -0.2) is 112 Å². The van der Waals surface area contributed by atoms with Crippen LogP contribution in [0.15, 0.2) is 27.8 Å². The van der Waals surface area contributed by atoms with Gasteiger partial charge in [0, 0.05) is 58.8 Å². The Labute approximate surface area is 202 Å². The third-order valence-electron chi connectivity index (χ3n) is 5.31. The van der Waals surface area contributed by atoms with E-state index in [0.29, 0.717) is 19.6 Å². The number of rotatable bonds is 10. The zero-order chi connectivity index (χ0) is 21.1. The zero-order valence-corrected chi connectivity index (χ0v) is 20.9. The quantitative estimate of drug-likeness (QED) is 0.219. The molecular weight excluding hydrogens is 513 g/mol. The Bertz CT molecular complexity index is 617. The summed E-state index contributed by atoms with van der Waals surface area (Å²) in [5.74, 6) is 1.66. The first-order valence-corrected chi connectivity index (χ1v) is 11.0. The maximum absolute atomic E-state index is 10.8. The van der Waals surface area contributed by atoms with Crippen molar-refractivity contribution in [1.29, 1.82) is 0 Å². The van der Waals surface area contributed by atoms with Crippen LogP contribution in [0.4, 0.5) is 0 Å². The van der Waals surface area contributed by atoms with Crippen molar-refractivity contribution < 1.29 is 19.0 Å². The number of guanidine groups is 1. The van der Waals surface area contributed by atoms with Gasteiger partial charge in [0.2, 0.25) is 0 Å². The lowest BCUT2D eigenvalue weighted by atomic mass is 10.1. The molecule has 31 heavy (non-hydrogen) atoms. The molecule has 2 saturated heterocycles. The van der Waals surface area contributed by atoms with Gasteiger partial charge < -0.3 is 29.6 Å². The van der Waals surface area contributed by atoms with Gasteiger partial charge in [-0.1, -0.05) is 0 Å². The third-order valence-corrected chi connectivity index (χ3v) is 5.31. The highest BCUT2D eigenvalue weighted by atomic mass is 127. The second kappa shape index (κ2) is 14.3. The first-order valence-electron chi connectivity index (χ1n) is 11.0. The van der Waals surface area contributed by atoms with E-state index in [1.807, 2.05) is 19.1 Å². The second-order valence-electron chi connectivity index (χ2n) is 8.19. The van der Waals surface area contributed by atoms with Crippen LogP contribution < -0.4 is 10.6 Å². The topological polar surface area (TPSA) is 94.7 Å². The number of β-amino-alcohol motifs (C(OH)–C–C–N with tert-alkyl or cyclic N) is 1. The molecule has 9 nitrogen and oxygen atoms in total. The number of hydrogen-bond donors (Lipinski definition) is 3. The second-order valence-corrected chi connectivity index (χ2v) is 8.19. The summed E-state index contributed by atoms with van der Waals surface area (Å²) in [6.07, 6.45) is 2.47. The molecule has 3 heterocycles. The Morgan fingerprint density at radius 3 is 2.35 bits per heavy atom. The van der Waals surface area contributed by atoms with Crippen LogP contribution in [-0.2, 0) is 15.9 Å². The minimum Gasteiger partial charge on any atom is -0.469 e. The number of morpholine rings is 2. The van der Waals surface area contributed by atoms with Crippen molar-refractivity contribution in [2.24, 2.45) is 4.99 Å². The van der Waals surface area contributed by atoms with E-state index in [2.05, 4.69) is 25.4 Å². The van der Waals surface area contributed by atoms with Crippen LogP contribution in [0, 0.1) is 0 Å². The van der Waals surface area contributed by atoms with Gasteiger partial charge in [0.15, 0.2) is 5.96 Å². The summed E-state index contributed by atoms with van der Waals surface area (Å²) in [5.41, 5.74) is -0.892. The monoisotopic (exact) mass is 551 g/mol. The number of furan rings is 1. The Morgan fingerprint density at radius 2 is 1.71 bits per heavy atom. The average Bonchev–Trinajstić information content (AvgIpc) is 3.26. The van der Waals surface area contributed by atoms with Gasteiger partial charge in [-0.2, -0.15) is 0 Å². The zero-order valence-electron chi connectivity index (χ0n) is 18.6. The number of halogens is 1. The normalized spacial score (nSPS) is 20.6.